The summed E-state index contributed by atoms with van der Waals surface area (Å²) >= 11 is 13.1. The molecule has 1 saturated heterocycles. The van der Waals surface area contributed by atoms with Crippen molar-refractivity contribution >= 4 is 73.9 Å². The average molecular weight is 577 g/mol. The highest BCUT2D eigenvalue weighted by Crippen LogP contribution is 2.36. The van der Waals surface area contributed by atoms with Crippen LogP contribution in [0.4, 0.5) is 10.5 Å². The number of rotatable bonds is 7. The van der Waals surface area contributed by atoms with Crippen molar-refractivity contribution in [1.29, 1.82) is 0 Å². The smallest absolute Gasteiger partial charge is 0.339 e. The first-order valence-electron chi connectivity index (χ1n) is 10.6. The average Bonchev–Trinajstić information content (AvgIpc) is 3.08. The number of hydrogen-bond acceptors (Lipinski definition) is 7. The van der Waals surface area contributed by atoms with Gasteiger partial charge in [0.1, 0.15) is 10.6 Å². The van der Waals surface area contributed by atoms with Crippen LogP contribution in [-0.2, 0) is 26.3 Å². The fourth-order valence-electron chi connectivity index (χ4n) is 3.37. The second kappa shape index (κ2) is 11.0. The lowest BCUT2D eigenvalue weighted by molar-refractivity contribution is -0.123. The van der Waals surface area contributed by atoms with Gasteiger partial charge in [0, 0.05) is 28.2 Å². The highest BCUT2D eigenvalue weighted by atomic mass is 35.5. The number of carbonyl (C=O) groups excluding carboxylic acids is 3. The normalized spacial score (nSPS) is 14.8. The highest BCUT2D eigenvalue weighted by molar-refractivity contribution is 8.18. The van der Waals surface area contributed by atoms with Crippen molar-refractivity contribution in [2.75, 3.05) is 5.32 Å². The van der Waals surface area contributed by atoms with Crippen LogP contribution in [0.15, 0.2) is 76.5 Å². The molecule has 1 fully saturated rings. The Balaban J connectivity index is 1.51. The zero-order valence-electron chi connectivity index (χ0n) is 19.1. The fraction of sp³-hybridized carbons (Fsp3) is 0.0800. The first-order chi connectivity index (χ1) is 17.5. The van der Waals surface area contributed by atoms with E-state index < -0.39 is 21.3 Å². The van der Waals surface area contributed by atoms with E-state index in [0.717, 1.165) is 16.7 Å². The van der Waals surface area contributed by atoms with E-state index in [9.17, 15) is 22.8 Å². The van der Waals surface area contributed by atoms with Crippen molar-refractivity contribution in [3.8, 4) is 5.75 Å². The number of benzene rings is 3. The van der Waals surface area contributed by atoms with Crippen molar-refractivity contribution in [2.24, 2.45) is 0 Å². The molecule has 3 aromatic carbocycles. The zero-order chi connectivity index (χ0) is 26.7. The SMILES string of the molecule is CC(=O)Nc1ccc(S(=O)(=O)Oc2cccc(/C=C3\SC(=O)N(Cc4c(Cl)cccc4Cl)C3=O)c2)cc1. The van der Waals surface area contributed by atoms with Crippen molar-refractivity contribution in [2.45, 2.75) is 18.4 Å². The predicted octanol–water partition coefficient (Wildman–Crippen LogP) is 5.96. The Morgan fingerprint density at radius 1 is 1.03 bits per heavy atom. The van der Waals surface area contributed by atoms with Crippen LogP contribution in [0.5, 0.6) is 5.75 Å². The molecule has 1 aliphatic heterocycles. The molecule has 0 bridgehead atoms. The third-order valence-electron chi connectivity index (χ3n) is 5.08. The molecule has 12 heteroatoms. The van der Waals surface area contributed by atoms with Crippen LogP contribution in [0.3, 0.4) is 0 Å². The quantitative estimate of drug-likeness (QED) is 0.273. The number of hydrogen-bond donors (Lipinski definition) is 1. The Labute approximate surface area is 227 Å². The first kappa shape index (κ1) is 26.7. The molecule has 0 unspecified atom stereocenters. The van der Waals surface area contributed by atoms with Gasteiger partial charge in [0.2, 0.25) is 5.91 Å². The molecule has 0 saturated carbocycles. The van der Waals surface area contributed by atoms with Crippen LogP contribution >= 0.6 is 35.0 Å². The summed E-state index contributed by atoms with van der Waals surface area (Å²) in [5, 5.41) is 2.75. The van der Waals surface area contributed by atoms with Gasteiger partial charge in [0.05, 0.1) is 11.4 Å². The van der Waals surface area contributed by atoms with Gasteiger partial charge in [-0.15, -0.1) is 0 Å². The molecular weight excluding hydrogens is 559 g/mol. The van der Waals surface area contributed by atoms with Gasteiger partial charge in [0.15, 0.2) is 0 Å². The predicted molar refractivity (Wildman–Crippen MR) is 143 cm³/mol. The van der Waals surface area contributed by atoms with Crippen LogP contribution in [0.1, 0.15) is 18.1 Å². The highest BCUT2D eigenvalue weighted by Gasteiger charge is 2.35. The van der Waals surface area contributed by atoms with Crippen LogP contribution in [0.2, 0.25) is 10.0 Å². The van der Waals surface area contributed by atoms with Gasteiger partial charge >= 0.3 is 10.1 Å². The van der Waals surface area contributed by atoms with E-state index >= 15 is 0 Å². The standard InChI is InChI=1S/C25H18Cl2N2O6S2/c1-15(30)28-17-8-10-19(11-9-17)37(33,34)35-18-5-2-4-16(12-18)13-23-24(31)29(25(32)36-23)14-20-21(26)6-3-7-22(20)27/h2-13H,14H2,1H3,(H,28,30)/b23-13-. The summed E-state index contributed by atoms with van der Waals surface area (Å²) in [7, 11) is -4.17. The maximum absolute atomic E-state index is 12.9. The molecule has 37 heavy (non-hydrogen) atoms. The summed E-state index contributed by atoms with van der Waals surface area (Å²) in [5.74, 6) is -0.792. The minimum atomic E-state index is -4.17. The van der Waals surface area contributed by atoms with E-state index in [1.54, 1.807) is 30.3 Å². The van der Waals surface area contributed by atoms with Gasteiger partial charge in [-0.1, -0.05) is 41.4 Å². The molecule has 0 aromatic heterocycles. The molecule has 3 amide bonds. The second-order valence-electron chi connectivity index (χ2n) is 7.78. The lowest BCUT2D eigenvalue weighted by atomic mass is 10.2. The van der Waals surface area contributed by atoms with E-state index in [1.807, 2.05) is 0 Å². The summed E-state index contributed by atoms with van der Waals surface area (Å²) < 4.78 is 30.6. The molecule has 1 heterocycles. The second-order valence-corrected chi connectivity index (χ2v) is 11.1. The zero-order valence-corrected chi connectivity index (χ0v) is 22.2. The van der Waals surface area contributed by atoms with Gasteiger partial charge in [-0.3, -0.25) is 19.3 Å². The molecule has 1 N–H and O–H groups in total. The molecule has 4 rings (SSSR count). The lowest BCUT2D eigenvalue weighted by Gasteiger charge is -2.14. The Hall–Kier alpha value is -3.31. The lowest BCUT2D eigenvalue weighted by Crippen LogP contribution is -2.27. The van der Waals surface area contributed by atoms with Gasteiger partial charge in [-0.05, 0) is 71.9 Å². The fourth-order valence-corrected chi connectivity index (χ4v) is 5.65. The number of nitrogens with one attached hydrogen (secondary N) is 1. The van der Waals surface area contributed by atoms with Crippen LogP contribution in [0, 0.1) is 0 Å². The Morgan fingerprint density at radius 2 is 1.68 bits per heavy atom. The molecule has 190 valence electrons. The number of anilines is 1. The number of nitrogens with zero attached hydrogens (tertiary/aromatic N) is 1. The topological polar surface area (TPSA) is 110 Å². The van der Waals surface area contributed by atoms with Crippen molar-refractivity contribution in [3.05, 3.63) is 92.8 Å². The van der Waals surface area contributed by atoms with Gasteiger partial charge in [0.25, 0.3) is 11.1 Å². The van der Waals surface area contributed by atoms with Crippen molar-refractivity contribution < 1.29 is 27.0 Å². The van der Waals surface area contributed by atoms with Gasteiger partial charge in [-0.2, -0.15) is 8.42 Å². The molecule has 0 aliphatic carbocycles. The summed E-state index contributed by atoms with van der Waals surface area (Å²) in [6.45, 7) is 1.26. The van der Waals surface area contributed by atoms with Gasteiger partial charge in [-0.25, -0.2) is 0 Å². The van der Waals surface area contributed by atoms with E-state index in [4.69, 9.17) is 27.4 Å². The monoisotopic (exact) mass is 576 g/mol. The minimum Gasteiger partial charge on any atom is -0.379 e. The van der Waals surface area contributed by atoms with E-state index in [-0.39, 0.29) is 28.0 Å². The molecule has 0 atom stereocenters. The third kappa shape index (κ3) is 6.34. The first-order valence-corrected chi connectivity index (χ1v) is 13.6. The molecular formula is C25H18Cl2N2O6S2. The summed E-state index contributed by atoms with van der Waals surface area (Å²) in [6.07, 6.45) is 1.47. The Bertz CT molecular complexity index is 1520. The van der Waals surface area contributed by atoms with E-state index in [2.05, 4.69) is 5.32 Å². The Kier molecular flexibility index (Phi) is 7.93. The van der Waals surface area contributed by atoms with E-state index in [0.29, 0.717) is 26.9 Å². The van der Waals surface area contributed by atoms with E-state index in [1.165, 1.54) is 49.4 Å². The molecule has 0 radical (unpaired) electrons. The van der Waals surface area contributed by atoms with Crippen molar-refractivity contribution in [1.82, 2.24) is 4.90 Å². The largest absolute Gasteiger partial charge is 0.379 e. The number of halogens is 2. The Morgan fingerprint density at radius 3 is 2.32 bits per heavy atom. The number of imide groups is 1. The number of thioether (sulfide) groups is 1. The van der Waals surface area contributed by atoms with Crippen LogP contribution < -0.4 is 9.50 Å². The summed E-state index contributed by atoms with van der Waals surface area (Å²) in [5.41, 5.74) is 1.36. The number of amides is 3. The minimum absolute atomic E-state index is 0.0155. The maximum Gasteiger partial charge on any atom is 0.339 e. The van der Waals surface area contributed by atoms with Crippen LogP contribution in [0.25, 0.3) is 6.08 Å². The third-order valence-corrected chi connectivity index (χ3v) is 7.95. The molecule has 0 spiro atoms. The van der Waals surface area contributed by atoms with Crippen LogP contribution in [-0.4, -0.2) is 30.4 Å². The van der Waals surface area contributed by atoms with Crippen molar-refractivity contribution in [3.63, 3.8) is 0 Å². The molecule has 1 aliphatic rings. The molecule has 3 aromatic rings. The van der Waals surface area contributed by atoms with Gasteiger partial charge < -0.3 is 9.50 Å². The number of carbonyl (C=O) groups is 3. The molecule has 8 nitrogen and oxygen atoms in total. The maximum atomic E-state index is 12.9. The summed E-state index contributed by atoms with van der Waals surface area (Å²) in [6, 6.07) is 16.5. The summed E-state index contributed by atoms with van der Waals surface area (Å²) in [4.78, 5) is 37.7.